The number of fused-ring (bicyclic) bond motifs is 1. The van der Waals surface area contributed by atoms with E-state index in [9.17, 15) is 4.39 Å². The second-order valence-corrected chi connectivity index (χ2v) is 7.58. The van der Waals surface area contributed by atoms with Gasteiger partial charge < -0.3 is 4.90 Å². The first kappa shape index (κ1) is 15.5. The standard InChI is InChI=1S/C17H18FN5S/c1-11-5-20-16(21-6-11)23-8-13-9-24-12(2)22-17(13,10-23)15-4-3-14(18)7-19-15/h3-7,13H,8-10H2,1-2H3. The SMILES string of the molecule is CC1=NC2(c3ccc(F)cn3)CN(c3ncc(C)cn3)CC2CS1. The fourth-order valence-electron chi connectivity index (χ4n) is 3.43. The molecule has 0 radical (unpaired) electrons. The molecule has 5 nitrogen and oxygen atoms in total. The number of nitrogens with zero attached hydrogens (tertiary/aromatic N) is 5. The Labute approximate surface area is 144 Å². The molecule has 0 N–H and O–H groups in total. The van der Waals surface area contributed by atoms with E-state index in [1.165, 1.54) is 12.3 Å². The third-order valence-electron chi connectivity index (χ3n) is 4.62. The van der Waals surface area contributed by atoms with Crippen LogP contribution in [0, 0.1) is 18.7 Å². The predicted molar refractivity (Wildman–Crippen MR) is 93.9 cm³/mol. The van der Waals surface area contributed by atoms with Crippen LogP contribution in [0.5, 0.6) is 0 Å². The Balaban J connectivity index is 1.74. The average Bonchev–Trinajstić information content (AvgIpc) is 2.96. The minimum atomic E-state index is -0.447. The van der Waals surface area contributed by atoms with Crippen LogP contribution in [-0.2, 0) is 5.54 Å². The summed E-state index contributed by atoms with van der Waals surface area (Å²) in [5.74, 6) is 1.66. The van der Waals surface area contributed by atoms with Gasteiger partial charge >= 0.3 is 0 Å². The highest BCUT2D eigenvalue weighted by Crippen LogP contribution is 2.45. The molecule has 2 aliphatic rings. The molecule has 2 aromatic heterocycles. The Morgan fingerprint density at radius 2 is 1.96 bits per heavy atom. The first-order valence-electron chi connectivity index (χ1n) is 7.92. The van der Waals surface area contributed by atoms with Crippen molar-refractivity contribution < 1.29 is 4.39 Å². The smallest absolute Gasteiger partial charge is 0.225 e. The van der Waals surface area contributed by atoms with Crippen LogP contribution in [0.3, 0.4) is 0 Å². The molecule has 124 valence electrons. The summed E-state index contributed by atoms with van der Waals surface area (Å²) in [7, 11) is 0. The largest absolute Gasteiger partial charge is 0.338 e. The Morgan fingerprint density at radius 3 is 2.67 bits per heavy atom. The minimum Gasteiger partial charge on any atom is -0.338 e. The van der Waals surface area contributed by atoms with Crippen molar-refractivity contribution >= 4 is 22.8 Å². The summed E-state index contributed by atoms with van der Waals surface area (Å²) in [5.41, 5.74) is 1.41. The Bertz CT molecular complexity index is 777. The van der Waals surface area contributed by atoms with Gasteiger partial charge in [-0.25, -0.2) is 14.4 Å². The first-order valence-corrected chi connectivity index (χ1v) is 8.90. The summed E-state index contributed by atoms with van der Waals surface area (Å²) < 4.78 is 13.3. The lowest BCUT2D eigenvalue weighted by molar-refractivity contribution is 0.376. The first-order chi connectivity index (χ1) is 11.6. The van der Waals surface area contributed by atoms with Crippen molar-refractivity contribution in [2.75, 3.05) is 23.7 Å². The maximum Gasteiger partial charge on any atom is 0.225 e. The highest BCUT2D eigenvalue weighted by Gasteiger charge is 2.51. The van der Waals surface area contributed by atoms with Gasteiger partial charge in [-0.15, -0.1) is 11.8 Å². The molecule has 1 saturated heterocycles. The molecule has 4 rings (SSSR count). The van der Waals surface area contributed by atoms with Gasteiger partial charge in [-0.2, -0.15) is 0 Å². The summed E-state index contributed by atoms with van der Waals surface area (Å²) in [4.78, 5) is 20.4. The Hall–Kier alpha value is -2.02. The number of aromatic nitrogens is 3. The van der Waals surface area contributed by atoms with Crippen LogP contribution in [0.4, 0.5) is 10.3 Å². The van der Waals surface area contributed by atoms with Crippen molar-refractivity contribution in [1.29, 1.82) is 0 Å². The van der Waals surface area contributed by atoms with Gasteiger partial charge in [0, 0.05) is 30.6 Å². The van der Waals surface area contributed by atoms with Crippen molar-refractivity contribution in [3.8, 4) is 0 Å². The summed E-state index contributed by atoms with van der Waals surface area (Å²) in [6.07, 6.45) is 4.94. The van der Waals surface area contributed by atoms with E-state index in [0.717, 1.165) is 28.6 Å². The zero-order valence-corrected chi connectivity index (χ0v) is 14.4. The molecule has 7 heteroatoms. The van der Waals surface area contributed by atoms with Crippen molar-refractivity contribution in [3.63, 3.8) is 0 Å². The van der Waals surface area contributed by atoms with E-state index in [4.69, 9.17) is 4.99 Å². The summed E-state index contributed by atoms with van der Waals surface area (Å²) in [6.45, 7) is 5.49. The molecule has 0 aliphatic carbocycles. The molecular weight excluding hydrogens is 325 g/mol. The normalized spacial score (nSPS) is 26.2. The lowest BCUT2D eigenvalue weighted by Gasteiger charge is -2.33. The van der Waals surface area contributed by atoms with Crippen LogP contribution in [-0.4, -0.2) is 38.8 Å². The molecule has 0 saturated carbocycles. The number of halogens is 1. The Kier molecular flexibility index (Phi) is 3.75. The monoisotopic (exact) mass is 343 g/mol. The van der Waals surface area contributed by atoms with Crippen LogP contribution >= 0.6 is 11.8 Å². The molecule has 2 aliphatic heterocycles. The van der Waals surface area contributed by atoms with Crippen LogP contribution in [0.25, 0.3) is 0 Å². The van der Waals surface area contributed by atoms with E-state index in [1.807, 2.05) is 26.2 Å². The fourth-order valence-corrected chi connectivity index (χ4v) is 4.49. The molecule has 1 fully saturated rings. The average molecular weight is 343 g/mol. The number of hydrogen-bond acceptors (Lipinski definition) is 6. The van der Waals surface area contributed by atoms with Crippen molar-refractivity contribution in [1.82, 2.24) is 15.0 Å². The molecule has 0 spiro atoms. The van der Waals surface area contributed by atoms with E-state index in [-0.39, 0.29) is 5.82 Å². The van der Waals surface area contributed by atoms with Crippen LogP contribution in [0.15, 0.2) is 35.7 Å². The quantitative estimate of drug-likeness (QED) is 0.839. The number of rotatable bonds is 2. The molecular formula is C17H18FN5S. The van der Waals surface area contributed by atoms with Crippen LogP contribution in [0.1, 0.15) is 18.2 Å². The van der Waals surface area contributed by atoms with Gasteiger partial charge in [0.05, 0.1) is 23.5 Å². The maximum atomic E-state index is 13.3. The number of aryl methyl sites for hydroxylation is 1. The van der Waals surface area contributed by atoms with Gasteiger partial charge in [0.15, 0.2) is 0 Å². The van der Waals surface area contributed by atoms with E-state index >= 15 is 0 Å². The van der Waals surface area contributed by atoms with Crippen molar-refractivity contribution in [2.45, 2.75) is 19.4 Å². The molecule has 2 unspecified atom stereocenters. The van der Waals surface area contributed by atoms with Crippen molar-refractivity contribution in [2.24, 2.45) is 10.9 Å². The maximum absolute atomic E-state index is 13.3. The van der Waals surface area contributed by atoms with E-state index in [1.54, 1.807) is 17.8 Å². The second-order valence-electron chi connectivity index (χ2n) is 6.37. The summed E-state index contributed by atoms with van der Waals surface area (Å²) in [6, 6.07) is 3.22. The highest BCUT2D eigenvalue weighted by atomic mass is 32.2. The lowest BCUT2D eigenvalue weighted by Crippen LogP contribution is -2.39. The van der Waals surface area contributed by atoms with Gasteiger partial charge in [-0.05, 0) is 31.5 Å². The zero-order valence-electron chi connectivity index (χ0n) is 13.6. The lowest BCUT2D eigenvalue weighted by atomic mass is 9.85. The summed E-state index contributed by atoms with van der Waals surface area (Å²) >= 11 is 1.77. The molecule has 2 aromatic rings. The van der Waals surface area contributed by atoms with Crippen LogP contribution < -0.4 is 4.90 Å². The molecule has 0 aromatic carbocycles. The number of aliphatic imine (C=N–C) groups is 1. The van der Waals surface area contributed by atoms with Gasteiger partial charge in [0.1, 0.15) is 11.4 Å². The second kappa shape index (κ2) is 5.81. The van der Waals surface area contributed by atoms with Crippen molar-refractivity contribution in [3.05, 3.63) is 47.8 Å². The van der Waals surface area contributed by atoms with Gasteiger partial charge in [-0.3, -0.25) is 9.98 Å². The highest BCUT2D eigenvalue weighted by molar-refractivity contribution is 8.13. The topological polar surface area (TPSA) is 54.3 Å². The number of hydrogen-bond donors (Lipinski definition) is 0. The van der Waals surface area contributed by atoms with E-state index in [2.05, 4.69) is 19.9 Å². The van der Waals surface area contributed by atoms with Crippen LogP contribution in [0.2, 0.25) is 0 Å². The molecule has 2 atom stereocenters. The van der Waals surface area contributed by atoms with Gasteiger partial charge in [-0.1, -0.05) is 0 Å². The van der Waals surface area contributed by atoms with Gasteiger partial charge in [0.2, 0.25) is 5.95 Å². The number of pyridine rings is 1. The molecule has 0 amide bonds. The predicted octanol–water partition coefficient (Wildman–Crippen LogP) is 2.82. The van der Waals surface area contributed by atoms with E-state index in [0.29, 0.717) is 18.4 Å². The molecule has 4 heterocycles. The summed E-state index contributed by atoms with van der Waals surface area (Å²) in [5, 5.41) is 1.05. The third kappa shape index (κ3) is 2.56. The molecule has 24 heavy (non-hydrogen) atoms. The molecule has 0 bridgehead atoms. The fraction of sp³-hybridized carbons (Fsp3) is 0.412. The van der Waals surface area contributed by atoms with Gasteiger partial charge in [0.25, 0.3) is 0 Å². The minimum absolute atomic E-state index is 0.300. The number of anilines is 1. The zero-order chi connectivity index (χ0) is 16.7. The number of thioether (sulfide) groups is 1. The van der Waals surface area contributed by atoms with E-state index < -0.39 is 5.54 Å². The third-order valence-corrected chi connectivity index (χ3v) is 5.70. The Morgan fingerprint density at radius 1 is 1.17 bits per heavy atom.